The third kappa shape index (κ3) is 4.99. The van der Waals surface area contributed by atoms with Crippen LogP contribution in [0.25, 0.3) is 16.9 Å². The molecule has 0 saturated carbocycles. The Kier molecular flexibility index (Phi) is 7.40. The number of aromatic nitrogens is 2. The average molecular weight is 517 g/mol. The number of anilines is 1. The van der Waals surface area contributed by atoms with Gasteiger partial charge < -0.3 is 20.3 Å². The molecule has 2 aliphatic heterocycles. The van der Waals surface area contributed by atoms with Crippen molar-refractivity contribution in [2.75, 3.05) is 38.7 Å². The van der Waals surface area contributed by atoms with Crippen molar-refractivity contribution in [3.05, 3.63) is 77.7 Å². The van der Waals surface area contributed by atoms with E-state index in [0.717, 1.165) is 47.7 Å². The zero-order valence-corrected chi connectivity index (χ0v) is 22.1. The first-order valence-electron chi connectivity index (χ1n) is 12.9. The number of ether oxygens (including phenoxy) is 1. The van der Waals surface area contributed by atoms with E-state index in [2.05, 4.69) is 41.1 Å². The Bertz CT molecular complexity index is 1450. The highest BCUT2D eigenvalue weighted by atomic mass is 19.1. The Labute approximate surface area is 221 Å². The highest BCUT2D eigenvalue weighted by Gasteiger charge is 2.28. The molecule has 0 unspecified atom stereocenters. The van der Waals surface area contributed by atoms with E-state index >= 15 is 0 Å². The quantitative estimate of drug-likeness (QED) is 0.405. The Morgan fingerprint density at radius 2 is 2.26 bits per heavy atom. The van der Waals surface area contributed by atoms with Crippen molar-refractivity contribution in [2.24, 2.45) is 10.9 Å². The molecule has 38 heavy (non-hydrogen) atoms. The first kappa shape index (κ1) is 25.8. The van der Waals surface area contributed by atoms with Crippen molar-refractivity contribution in [2.45, 2.75) is 26.8 Å². The van der Waals surface area contributed by atoms with Gasteiger partial charge in [-0.05, 0) is 56.3 Å². The molecule has 1 amide bonds. The number of aliphatic imine (C=N–C) groups is 1. The van der Waals surface area contributed by atoms with E-state index in [4.69, 9.17) is 9.73 Å². The smallest absolute Gasteiger partial charge is 0.254 e. The SMILES string of the molecule is C=C(C(CN(C)CC)=N/C(=C\C)Nc1ccc(-c2cnc3cc(F)ccn23)c2c1C(=O)NC2)[C@H]1CCOC1. The molecule has 9 heteroatoms. The number of halogens is 1. The van der Waals surface area contributed by atoms with Crippen LogP contribution in [0.4, 0.5) is 10.1 Å². The number of hydrogen-bond acceptors (Lipinski definition) is 6. The fourth-order valence-electron chi connectivity index (χ4n) is 4.92. The lowest BCUT2D eigenvalue weighted by Gasteiger charge is -2.21. The highest BCUT2D eigenvalue weighted by Crippen LogP contribution is 2.35. The third-order valence-electron chi connectivity index (χ3n) is 7.26. The Morgan fingerprint density at radius 1 is 1.42 bits per heavy atom. The van der Waals surface area contributed by atoms with Gasteiger partial charge in [0.15, 0.2) is 0 Å². The molecule has 4 heterocycles. The number of allylic oxidation sites excluding steroid dienone is 1. The molecule has 1 atom stereocenters. The number of carbonyl (C=O) groups excluding carboxylic acids is 1. The Morgan fingerprint density at radius 3 is 3.00 bits per heavy atom. The number of benzene rings is 1. The van der Waals surface area contributed by atoms with Gasteiger partial charge in [0.2, 0.25) is 0 Å². The summed E-state index contributed by atoms with van der Waals surface area (Å²) >= 11 is 0. The number of carbonyl (C=O) groups is 1. The van der Waals surface area contributed by atoms with Crippen molar-refractivity contribution in [3.63, 3.8) is 0 Å². The number of nitrogens with zero attached hydrogens (tertiary/aromatic N) is 4. The number of imidazole rings is 1. The fraction of sp³-hybridized carbons (Fsp3) is 0.345. The Balaban J connectivity index is 1.49. The lowest BCUT2D eigenvalue weighted by atomic mass is 9.95. The molecule has 8 nitrogen and oxygen atoms in total. The topological polar surface area (TPSA) is 83.3 Å². The normalized spacial score (nSPS) is 17.8. The minimum atomic E-state index is -0.344. The minimum Gasteiger partial charge on any atom is -0.381 e. The zero-order chi connectivity index (χ0) is 26.8. The molecule has 0 radical (unpaired) electrons. The van der Waals surface area contributed by atoms with E-state index in [-0.39, 0.29) is 17.6 Å². The maximum absolute atomic E-state index is 13.7. The second-order valence-corrected chi connectivity index (χ2v) is 9.69. The summed E-state index contributed by atoms with van der Waals surface area (Å²) in [6.45, 7) is 11.7. The summed E-state index contributed by atoms with van der Waals surface area (Å²) in [6, 6.07) is 6.63. The molecule has 0 spiro atoms. The van der Waals surface area contributed by atoms with Crippen molar-refractivity contribution in [3.8, 4) is 11.3 Å². The predicted molar refractivity (Wildman–Crippen MR) is 148 cm³/mol. The molecule has 0 aliphatic carbocycles. The van der Waals surface area contributed by atoms with Crippen LogP contribution in [0.15, 0.2) is 65.7 Å². The molecular weight excluding hydrogens is 483 g/mol. The third-order valence-corrected chi connectivity index (χ3v) is 7.26. The Hall–Kier alpha value is -3.82. The van der Waals surface area contributed by atoms with E-state index in [0.29, 0.717) is 42.4 Å². The van der Waals surface area contributed by atoms with Crippen LogP contribution in [0.2, 0.25) is 0 Å². The van der Waals surface area contributed by atoms with Crippen LogP contribution in [-0.4, -0.2) is 59.3 Å². The summed E-state index contributed by atoms with van der Waals surface area (Å²) in [5, 5.41) is 6.34. The summed E-state index contributed by atoms with van der Waals surface area (Å²) in [7, 11) is 2.06. The van der Waals surface area contributed by atoms with E-state index < -0.39 is 0 Å². The second kappa shape index (κ2) is 10.9. The van der Waals surface area contributed by atoms with Gasteiger partial charge >= 0.3 is 0 Å². The number of rotatable bonds is 9. The van der Waals surface area contributed by atoms with Gasteiger partial charge in [-0.3, -0.25) is 9.20 Å². The van der Waals surface area contributed by atoms with Crippen molar-refractivity contribution < 1.29 is 13.9 Å². The summed E-state index contributed by atoms with van der Waals surface area (Å²) in [4.78, 5) is 24.5. The van der Waals surface area contributed by atoms with Crippen LogP contribution in [0.3, 0.4) is 0 Å². The summed E-state index contributed by atoms with van der Waals surface area (Å²) in [5.74, 6) is 0.403. The average Bonchev–Trinajstić information content (AvgIpc) is 3.68. The van der Waals surface area contributed by atoms with Gasteiger partial charge in [0, 0.05) is 43.4 Å². The standard InChI is InChI=1S/C29H33FN6O2/c1-5-26(34-24(16-35(4)6-2)18(3)19-10-12-38-17-19)33-23-8-7-21(22-14-32-29(37)28(22)23)25-15-31-27-13-20(30)9-11-36(25)27/h5,7-9,11,13,15,19,33H,3,6,10,12,14,16-17H2,1-2,4H3,(H,32,37)/b26-5-,34-24?/t19-/m0/s1. The van der Waals surface area contributed by atoms with Crippen LogP contribution in [0.5, 0.6) is 0 Å². The first-order chi connectivity index (χ1) is 18.4. The molecule has 198 valence electrons. The molecule has 3 aromatic rings. The van der Waals surface area contributed by atoms with Crippen LogP contribution in [0, 0.1) is 11.7 Å². The molecule has 1 fully saturated rings. The zero-order valence-electron chi connectivity index (χ0n) is 22.1. The van der Waals surface area contributed by atoms with E-state index in [1.807, 2.05) is 29.5 Å². The molecule has 2 aromatic heterocycles. The van der Waals surface area contributed by atoms with E-state index in [1.54, 1.807) is 12.4 Å². The fourth-order valence-corrected chi connectivity index (χ4v) is 4.92. The van der Waals surface area contributed by atoms with Crippen LogP contribution < -0.4 is 10.6 Å². The lowest BCUT2D eigenvalue weighted by molar-refractivity contribution is 0.0966. The van der Waals surface area contributed by atoms with Gasteiger partial charge in [0.05, 0.1) is 35.5 Å². The molecule has 2 aliphatic rings. The van der Waals surface area contributed by atoms with Gasteiger partial charge in [-0.2, -0.15) is 0 Å². The molecular formula is C29H33FN6O2. The number of hydrogen-bond donors (Lipinski definition) is 2. The highest BCUT2D eigenvalue weighted by molar-refractivity contribution is 6.06. The predicted octanol–water partition coefficient (Wildman–Crippen LogP) is 4.64. The van der Waals surface area contributed by atoms with Crippen LogP contribution in [0.1, 0.15) is 36.2 Å². The second-order valence-electron chi connectivity index (χ2n) is 9.69. The maximum atomic E-state index is 13.7. The van der Waals surface area contributed by atoms with Gasteiger partial charge in [-0.25, -0.2) is 14.4 Å². The largest absolute Gasteiger partial charge is 0.381 e. The van der Waals surface area contributed by atoms with Gasteiger partial charge in [-0.1, -0.05) is 19.6 Å². The van der Waals surface area contributed by atoms with Gasteiger partial charge in [0.1, 0.15) is 17.3 Å². The first-order valence-corrected chi connectivity index (χ1v) is 12.9. The molecule has 5 rings (SSSR count). The van der Waals surface area contributed by atoms with Crippen LogP contribution >= 0.6 is 0 Å². The van der Waals surface area contributed by atoms with Crippen molar-refractivity contribution >= 4 is 23.0 Å². The molecule has 2 N–H and O–H groups in total. The van der Waals surface area contributed by atoms with Crippen molar-refractivity contribution in [1.29, 1.82) is 0 Å². The minimum absolute atomic E-state index is 0.151. The monoisotopic (exact) mass is 516 g/mol. The van der Waals surface area contributed by atoms with E-state index in [9.17, 15) is 9.18 Å². The number of fused-ring (bicyclic) bond motifs is 2. The molecule has 0 bridgehead atoms. The molecule has 1 saturated heterocycles. The summed E-state index contributed by atoms with van der Waals surface area (Å²) in [5.41, 5.74) is 6.18. The maximum Gasteiger partial charge on any atom is 0.254 e. The van der Waals surface area contributed by atoms with Gasteiger partial charge in [0.25, 0.3) is 5.91 Å². The number of nitrogens with one attached hydrogen (secondary N) is 2. The van der Waals surface area contributed by atoms with Crippen LogP contribution in [-0.2, 0) is 11.3 Å². The number of pyridine rings is 1. The summed E-state index contributed by atoms with van der Waals surface area (Å²) in [6.07, 6.45) is 6.20. The molecule has 1 aromatic carbocycles. The number of amides is 1. The van der Waals surface area contributed by atoms with Gasteiger partial charge in [-0.15, -0.1) is 0 Å². The lowest BCUT2D eigenvalue weighted by Crippen LogP contribution is -2.29. The van der Waals surface area contributed by atoms with Crippen molar-refractivity contribution in [1.82, 2.24) is 19.6 Å². The summed E-state index contributed by atoms with van der Waals surface area (Å²) < 4.78 is 21.1. The van der Waals surface area contributed by atoms with E-state index in [1.165, 1.54) is 12.1 Å².